The van der Waals surface area contributed by atoms with Crippen molar-refractivity contribution in [1.82, 2.24) is 9.88 Å². The molecule has 2 amide bonds. The fourth-order valence-electron chi connectivity index (χ4n) is 4.51. The Morgan fingerprint density at radius 2 is 2.00 bits per heavy atom. The highest BCUT2D eigenvalue weighted by Gasteiger charge is 2.44. The third-order valence-electron chi connectivity index (χ3n) is 5.94. The summed E-state index contributed by atoms with van der Waals surface area (Å²) in [4.78, 5) is 34.9. The van der Waals surface area contributed by atoms with Crippen molar-refractivity contribution >= 4 is 49.8 Å². The molecule has 2 atom stereocenters. The van der Waals surface area contributed by atoms with Crippen LogP contribution in [0.4, 0.5) is 5.13 Å². The molecular formula is C26H25N3O3S2. The quantitative estimate of drug-likeness (QED) is 0.362. The summed E-state index contributed by atoms with van der Waals surface area (Å²) in [6.07, 6.45) is 0. The van der Waals surface area contributed by atoms with E-state index in [0.717, 1.165) is 26.4 Å². The number of nitrogens with zero attached hydrogens (tertiary/aromatic N) is 2. The minimum absolute atomic E-state index is 0.0289. The molecule has 1 N–H and O–H groups in total. The molecule has 0 radical (unpaired) electrons. The van der Waals surface area contributed by atoms with Crippen LogP contribution in [0, 0.1) is 5.92 Å². The lowest BCUT2D eigenvalue weighted by molar-refractivity contribution is -0.119. The SMILES string of the molecule is COc1ccc2nc(NC(=O)[C@@H]3c4ccccc4C(=O)N(CC(C)C)[C@@H]3c3cccs3)sc2c1. The molecule has 0 spiro atoms. The largest absolute Gasteiger partial charge is 0.497 e. The number of aromatic nitrogens is 1. The first-order valence-corrected chi connectivity index (χ1v) is 12.8. The Hall–Kier alpha value is -3.23. The van der Waals surface area contributed by atoms with Crippen molar-refractivity contribution in [3.8, 4) is 5.75 Å². The lowest BCUT2D eigenvalue weighted by Gasteiger charge is -2.41. The highest BCUT2D eigenvalue weighted by atomic mass is 32.1. The van der Waals surface area contributed by atoms with E-state index in [2.05, 4.69) is 24.1 Å². The van der Waals surface area contributed by atoms with Gasteiger partial charge < -0.3 is 15.0 Å². The van der Waals surface area contributed by atoms with Crippen LogP contribution in [0.5, 0.6) is 5.75 Å². The van der Waals surface area contributed by atoms with Gasteiger partial charge in [0.2, 0.25) is 5.91 Å². The first kappa shape index (κ1) is 22.6. The van der Waals surface area contributed by atoms with Crippen LogP contribution in [0.3, 0.4) is 0 Å². The van der Waals surface area contributed by atoms with E-state index in [9.17, 15) is 9.59 Å². The second-order valence-corrected chi connectivity index (χ2v) is 10.7. The van der Waals surface area contributed by atoms with Gasteiger partial charge in [-0.15, -0.1) is 11.3 Å². The number of rotatable bonds is 6. The second kappa shape index (κ2) is 9.19. The Kier molecular flexibility index (Phi) is 6.10. The number of nitrogens with one attached hydrogen (secondary N) is 1. The Morgan fingerprint density at radius 3 is 2.74 bits per heavy atom. The Balaban J connectivity index is 1.57. The van der Waals surface area contributed by atoms with Gasteiger partial charge in [-0.3, -0.25) is 9.59 Å². The van der Waals surface area contributed by atoms with Crippen molar-refractivity contribution in [1.29, 1.82) is 0 Å². The van der Waals surface area contributed by atoms with Gasteiger partial charge in [0.05, 0.1) is 29.3 Å². The van der Waals surface area contributed by atoms with Gasteiger partial charge in [0.1, 0.15) is 5.75 Å². The number of ether oxygens (including phenoxy) is 1. The van der Waals surface area contributed by atoms with Crippen LogP contribution in [0.25, 0.3) is 10.2 Å². The number of amides is 2. The molecule has 2 aromatic carbocycles. The molecule has 8 heteroatoms. The van der Waals surface area contributed by atoms with Crippen LogP contribution in [0.1, 0.15) is 46.6 Å². The summed E-state index contributed by atoms with van der Waals surface area (Å²) in [6.45, 7) is 4.74. The van der Waals surface area contributed by atoms with Crippen molar-refractivity contribution in [3.63, 3.8) is 0 Å². The number of thiophene rings is 1. The topological polar surface area (TPSA) is 71.5 Å². The number of fused-ring (bicyclic) bond motifs is 2. The van der Waals surface area contributed by atoms with Crippen molar-refractivity contribution in [2.45, 2.75) is 25.8 Å². The van der Waals surface area contributed by atoms with E-state index in [4.69, 9.17) is 4.74 Å². The van der Waals surface area contributed by atoms with Crippen LogP contribution < -0.4 is 10.1 Å². The summed E-state index contributed by atoms with van der Waals surface area (Å²) in [5.41, 5.74) is 2.15. The van der Waals surface area contributed by atoms with Crippen molar-refractivity contribution < 1.29 is 14.3 Å². The van der Waals surface area contributed by atoms with Gasteiger partial charge in [0.15, 0.2) is 5.13 Å². The van der Waals surface area contributed by atoms with E-state index in [-0.39, 0.29) is 23.8 Å². The molecule has 0 saturated carbocycles. The summed E-state index contributed by atoms with van der Waals surface area (Å²) >= 11 is 2.98. The van der Waals surface area contributed by atoms with E-state index in [1.165, 1.54) is 11.3 Å². The molecule has 1 aliphatic heterocycles. The molecule has 5 rings (SSSR count). The molecular weight excluding hydrogens is 466 g/mol. The third-order valence-corrected chi connectivity index (χ3v) is 7.82. The number of methoxy groups -OCH3 is 1. The predicted octanol–water partition coefficient (Wildman–Crippen LogP) is 5.94. The van der Waals surface area contributed by atoms with E-state index < -0.39 is 5.92 Å². The Labute approximate surface area is 206 Å². The number of carbonyl (C=O) groups is 2. The van der Waals surface area contributed by atoms with Crippen LogP contribution in [0.2, 0.25) is 0 Å². The molecule has 4 aromatic rings. The highest BCUT2D eigenvalue weighted by Crippen LogP contribution is 2.45. The molecule has 0 bridgehead atoms. The van der Waals surface area contributed by atoms with Gasteiger partial charge in [-0.05, 0) is 47.2 Å². The molecule has 0 fully saturated rings. The maximum absolute atomic E-state index is 13.9. The van der Waals surface area contributed by atoms with Crippen LogP contribution in [-0.2, 0) is 4.79 Å². The van der Waals surface area contributed by atoms with Gasteiger partial charge in [0.25, 0.3) is 5.91 Å². The molecule has 3 heterocycles. The van der Waals surface area contributed by atoms with Crippen LogP contribution in [0.15, 0.2) is 60.0 Å². The molecule has 0 unspecified atom stereocenters. The summed E-state index contributed by atoms with van der Waals surface area (Å²) in [5.74, 6) is 0.264. The second-order valence-electron chi connectivity index (χ2n) is 8.72. The van der Waals surface area contributed by atoms with Gasteiger partial charge >= 0.3 is 0 Å². The number of hydrogen-bond donors (Lipinski definition) is 1. The first-order valence-electron chi connectivity index (χ1n) is 11.1. The lowest BCUT2D eigenvalue weighted by Crippen LogP contribution is -2.47. The van der Waals surface area contributed by atoms with Gasteiger partial charge in [-0.25, -0.2) is 4.98 Å². The minimum Gasteiger partial charge on any atom is -0.497 e. The van der Waals surface area contributed by atoms with Crippen LogP contribution in [-0.4, -0.2) is 35.4 Å². The van der Waals surface area contributed by atoms with Crippen molar-refractivity contribution in [2.75, 3.05) is 19.0 Å². The Morgan fingerprint density at radius 1 is 1.18 bits per heavy atom. The molecule has 2 aromatic heterocycles. The summed E-state index contributed by atoms with van der Waals surface area (Å²) in [6, 6.07) is 16.7. The fraction of sp³-hybridized carbons (Fsp3) is 0.269. The molecule has 0 aliphatic carbocycles. The van der Waals surface area contributed by atoms with E-state index >= 15 is 0 Å². The van der Waals surface area contributed by atoms with Crippen molar-refractivity contribution in [3.05, 3.63) is 76.0 Å². The summed E-state index contributed by atoms with van der Waals surface area (Å²) in [5, 5.41) is 5.57. The molecule has 34 heavy (non-hydrogen) atoms. The highest BCUT2D eigenvalue weighted by molar-refractivity contribution is 7.22. The van der Waals surface area contributed by atoms with Crippen molar-refractivity contribution in [2.24, 2.45) is 5.92 Å². The van der Waals surface area contributed by atoms with Gasteiger partial charge in [-0.1, -0.05) is 49.4 Å². The average Bonchev–Trinajstić information content (AvgIpc) is 3.49. The number of carbonyl (C=O) groups excluding carboxylic acids is 2. The normalized spacial score (nSPS) is 17.8. The minimum atomic E-state index is -0.548. The fourth-order valence-corrected chi connectivity index (χ4v) is 6.29. The summed E-state index contributed by atoms with van der Waals surface area (Å²) < 4.78 is 6.25. The van der Waals surface area contributed by atoms with E-state index in [1.54, 1.807) is 18.4 Å². The number of anilines is 1. The maximum atomic E-state index is 13.9. The zero-order valence-electron chi connectivity index (χ0n) is 19.1. The third kappa shape index (κ3) is 4.08. The van der Waals surface area contributed by atoms with Gasteiger partial charge in [-0.2, -0.15) is 0 Å². The van der Waals surface area contributed by atoms with E-state index in [0.29, 0.717) is 17.2 Å². The molecule has 1 aliphatic rings. The zero-order chi connectivity index (χ0) is 23.8. The van der Waals surface area contributed by atoms with E-state index in [1.807, 2.05) is 64.9 Å². The molecule has 174 valence electrons. The predicted molar refractivity (Wildman–Crippen MR) is 137 cm³/mol. The maximum Gasteiger partial charge on any atom is 0.254 e. The molecule has 6 nitrogen and oxygen atoms in total. The molecule has 0 saturated heterocycles. The Bertz CT molecular complexity index is 1350. The number of benzene rings is 2. The monoisotopic (exact) mass is 491 g/mol. The standard InChI is InChI=1S/C26H25N3O3S2/c1-15(2)14-29-23(20-9-6-12-33-20)22(17-7-4-5-8-18(17)25(29)31)24(30)28-26-27-19-11-10-16(32-3)13-21(19)34-26/h4-13,15,22-23H,14H2,1-3H3,(H,27,28,30)/t22-,23-/m1/s1. The number of hydrogen-bond acceptors (Lipinski definition) is 6. The smallest absolute Gasteiger partial charge is 0.254 e. The van der Waals surface area contributed by atoms with Crippen LogP contribution >= 0.6 is 22.7 Å². The van der Waals surface area contributed by atoms with Gasteiger partial charge in [0, 0.05) is 17.0 Å². The zero-order valence-corrected chi connectivity index (χ0v) is 20.8. The first-order chi connectivity index (χ1) is 16.5. The summed E-state index contributed by atoms with van der Waals surface area (Å²) in [7, 11) is 1.63. The lowest BCUT2D eigenvalue weighted by atomic mass is 9.81. The average molecular weight is 492 g/mol. The number of thiazole rings is 1.